The third-order valence-electron chi connectivity index (χ3n) is 2.24. The Morgan fingerprint density at radius 1 is 1.14 bits per heavy atom. The molecule has 5 atom stereocenters. The molecule has 6 nitrogen and oxygen atoms in total. The summed E-state index contributed by atoms with van der Waals surface area (Å²) in [5.41, 5.74) is 0. The van der Waals surface area contributed by atoms with Gasteiger partial charge in [-0.2, -0.15) is 0 Å². The molecule has 0 aromatic carbocycles. The molecule has 14 heavy (non-hydrogen) atoms. The molecule has 1 rings (SSSR count). The number of hydrogen-bond donors (Lipinski definition) is 4. The number of ether oxygens (including phenoxy) is 1. The van der Waals surface area contributed by atoms with Crippen molar-refractivity contribution in [2.75, 3.05) is 6.61 Å². The van der Waals surface area contributed by atoms with E-state index in [9.17, 15) is 10.2 Å². The van der Waals surface area contributed by atoms with E-state index in [2.05, 4.69) is 0 Å². The van der Waals surface area contributed by atoms with Crippen molar-refractivity contribution < 1.29 is 61.8 Å². The molecule has 0 aromatic heterocycles. The van der Waals surface area contributed by atoms with E-state index in [1.165, 1.54) is 0 Å². The fourth-order valence-electron chi connectivity index (χ4n) is 1.29. The molecule has 7 heteroatoms. The van der Waals surface area contributed by atoms with E-state index in [4.69, 9.17) is 14.9 Å². The largest absolute Gasteiger partial charge is 0.412 e. The van der Waals surface area contributed by atoms with Crippen molar-refractivity contribution in [2.45, 2.75) is 31.5 Å². The zero-order chi connectivity index (χ0) is 9.30. The molecule has 84 valence electrons. The quantitative estimate of drug-likeness (QED) is 0.356. The summed E-state index contributed by atoms with van der Waals surface area (Å²) in [4.78, 5) is 0. The van der Waals surface area contributed by atoms with E-state index in [1.807, 2.05) is 0 Å². The Morgan fingerprint density at radius 3 is 2.07 bits per heavy atom. The molecule has 0 aliphatic carbocycles. The number of aliphatic hydroxyl groups excluding tert-OH is 4. The van der Waals surface area contributed by atoms with Crippen molar-refractivity contribution in [1.29, 1.82) is 0 Å². The van der Waals surface area contributed by atoms with Gasteiger partial charge in [0.2, 0.25) is 0 Å². The Labute approximate surface area is 106 Å². The van der Waals surface area contributed by atoms with E-state index < -0.39 is 30.5 Å². The average molecular weight is 434 g/mol. The minimum Gasteiger partial charge on any atom is -0.412 e. The number of hydrogen-bond acceptors (Lipinski definition) is 5. The minimum atomic E-state index is -1.32. The van der Waals surface area contributed by atoms with Crippen molar-refractivity contribution in [3.8, 4) is 0 Å². The molecule has 0 radical (unpaired) electrons. The van der Waals surface area contributed by atoms with Gasteiger partial charge in [0.25, 0.3) is 0 Å². The van der Waals surface area contributed by atoms with E-state index >= 15 is 0 Å². The Bertz CT molecular complexity index is 152. The predicted molar refractivity (Wildman–Crippen MR) is 42.8 cm³/mol. The minimum absolute atomic E-state index is 0. The van der Waals surface area contributed by atoms with Gasteiger partial charge in [-0.1, -0.05) is 6.92 Å². The molecular weight excluding hydrogens is 418 g/mol. The van der Waals surface area contributed by atoms with E-state index in [1.54, 1.807) is 6.92 Å². The van der Waals surface area contributed by atoms with Crippen LogP contribution in [0.15, 0.2) is 0 Å². The van der Waals surface area contributed by atoms with Crippen LogP contribution in [0.25, 0.3) is 0 Å². The molecule has 1 fully saturated rings. The molecule has 1 heterocycles. The van der Waals surface area contributed by atoms with Gasteiger partial charge >= 0.3 is 0 Å². The molecule has 1 aliphatic rings. The normalized spacial score (nSPS) is 42.2. The number of aliphatic hydroxyl groups is 4. The SMILES string of the molecule is C[C@@H]1C(O)[C@H](O)O[C@H](CO)C1O.O.[U]. The predicted octanol–water partition coefficient (Wildman–Crippen LogP) is -2.77. The second kappa shape index (κ2) is 7.15. The zero-order valence-corrected chi connectivity index (χ0v) is 12.0. The van der Waals surface area contributed by atoms with Crippen LogP contribution in [0.1, 0.15) is 6.92 Å². The van der Waals surface area contributed by atoms with Crippen LogP contribution < -0.4 is 0 Å². The van der Waals surface area contributed by atoms with Gasteiger partial charge < -0.3 is 30.6 Å². The Balaban J connectivity index is 0. The first-order valence-electron chi connectivity index (χ1n) is 3.88. The molecule has 2 unspecified atom stereocenters. The van der Waals surface area contributed by atoms with Gasteiger partial charge in [0.1, 0.15) is 12.2 Å². The van der Waals surface area contributed by atoms with Gasteiger partial charge in [-0.3, -0.25) is 0 Å². The standard InChI is InChI=1S/C7H14O5.H2O.U/c1-3-5(9)4(2-8)12-7(11)6(3)10;;/h3-11H,2H2,1H3;1H2;/t3-,4+,5?,6?,7+;;/m0../s1. The zero-order valence-electron chi connectivity index (χ0n) is 7.79. The van der Waals surface area contributed by atoms with Gasteiger partial charge in [-0.05, 0) is 0 Å². The Kier molecular flexibility index (Phi) is 8.79. The summed E-state index contributed by atoms with van der Waals surface area (Å²) in [5.74, 6) is -0.495. The van der Waals surface area contributed by atoms with Crippen LogP contribution in [0.2, 0.25) is 0 Å². The smallest absolute Gasteiger partial charge is 0.181 e. The maximum atomic E-state index is 9.37. The molecule has 0 amide bonds. The first-order chi connectivity index (χ1) is 5.57. The van der Waals surface area contributed by atoms with Crippen LogP contribution in [0.5, 0.6) is 0 Å². The molecule has 0 bridgehead atoms. The van der Waals surface area contributed by atoms with Crippen molar-refractivity contribution in [3.63, 3.8) is 0 Å². The molecule has 6 N–H and O–H groups in total. The molecule has 0 saturated carbocycles. The van der Waals surface area contributed by atoms with E-state index in [0.717, 1.165) is 0 Å². The summed E-state index contributed by atoms with van der Waals surface area (Å²) >= 11 is 0. The third kappa shape index (κ3) is 3.44. The van der Waals surface area contributed by atoms with Gasteiger partial charge in [-0.25, -0.2) is 0 Å². The van der Waals surface area contributed by atoms with Crippen LogP contribution in [-0.4, -0.2) is 57.1 Å². The molecule has 1 aliphatic heterocycles. The molecule has 0 aromatic rings. The monoisotopic (exact) mass is 434 g/mol. The van der Waals surface area contributed by atoms with Gasteiger partial charge in [0.15, 0.2) is 6.29 Å². The summed E-state index contributed by atoms with van der Waals surface area (Å²) in [7, 11) is 0. The van der Waals surface area contributed by atoms with Gasteiger partial charge in [0.05, 0.1) is 12.7 Å². The van der Waals surface area contributed by atoms with Crippen LogP contribution >= 0.6 is 0 Å². The maximum absolute atomic E-state index is 9.37. The summed E-state index contributed by atoms with van der Waals surface area (Å²) in [6.45, 7) is 1.22. The van der Waals surface area contributed by atoms with Crippen LogP contribution in [-0.2, 0) is 4.74 Å². The van der Waals surface area contributed by atoms with Crippen LogP contribution in [0, 0.1) is 37.0 Å². The molecule has 0 spiro atoms. The topological polar surface area (TPSA) is 122 Å². The van der Waals surface area contributed by atoms with Crippen molar-refractivity contribution >= 4 is 0 Å². The maximum Gasteiger partial charge on any atom is 0.181 e. The average Bonchev–Trinajstić information content (AvgIpc) is 2.08. The molecule has 1 saturated heterocycles. The second-order valence-corrected chi connectivity index (χ2v) is 3.09. The van der Waals surface area contributed by atoms with Crippen LogP contribution in [0.4, 0.5) is 0 Å². The van der Waals surface area contributed by atoms with E-state index in [0.29, 0.717) is 0 Å². The fraction of sp³-hybridized carbons (Fsp3) is 1.00. The fourth-order valence-corrected chi connectivity index (χ4v) is 1.29. The first-order valence-corrected chi connectivity index (χ1v) is 3.88. The Hall–Kier alpha value is 0.812. The summed E-state index contributed by atoms with van der Waals surface area (Å²) in [6.07, 6.45) is -4.16. The van der Waals surface area contributed by atoms with Crippen molar-refractivity contribution in [3.05, 3.63) is 0 Å². The summed E-state index contributed by atoms with van der Waals surface area (Å²) in [5, 5.41) is 36.4. The molecular formula is C7H16O6U. The van der Waals surface area contributed by atoms with Gasteiger partial charge in [0, 0.05) is 37.0 Å². The van der Waals surface area contributed by atoms with Crippen molar-refractivity contribution in [1.82, 2.24) is 0 Å². The second-order valence-electron chi connectivity index (χ2n) is 3.09. The Morgan fingerprint density at radius 2 is 1.64 bits per heavy atom. The summed E-state index contributed by atoms with van der Waals surface area (Å²) < 4.78 is 4.74. The first kappa shape index (κ1) is 17.2. The third-order valence-corrected chi connectivity index (χ3v) is 2.24. The van der Waals surface area contributed by atoms with Gasteiger partial charge in [-0.15, -0.1) is 0 Å². The van der Waals surface area contributed by atoms with Crippen LogP contribution in [0.3, 0.4) is 0 Å². The van der Waals surface area contributed by atoms with Crippen molar-refractivity contribution in [2.24, 2.45) is 5.92 Å². The number of rotatable bonds is 1. The van der Waals surface area contributed by atoms with E-state index in [-0.39, 0.29) is 43.2 Å². The summed E-state index contributed by atoms with van der Waals surface area (Å²) in [6, 6.07) is 0.